The first-order valence-electron chi connectivity index (χ1n) is 9.61. The Hall–Kier alpha value is -3.94. The van der Waals surface area contributed by atoms with Crippen molar-refractivity contribution in [1.29, 1.82) is 0 Å². The molecule has 1 atom stereocenters. The van der Waals surface area contributed by atoms with Crippen molar-refractivity contribution in [2.24, 2.45) is 0 Å². The van der Waals surface area contributed by atoms with Gasteiger partial charge in [0, 0.05) is 29.8 Å². The summed E-state index contributed by atoms with van der Waals surface area (Å²) in [5.41, 5.74) is 2.45. The van der Waals surface area contributed by atoms with E-state index in [1.807, 2.05) is 18.2 Å². The Kier molecular flexibility index (Phi) is 5.29. The van der Waals surface area contributed by atoms with Gasteiger partial charge in [-0.25, -0.2) is 4.79 Å². The summed E-state index contributed by atoms with van der Waals surface area (Å²) in [4.78, 5) is 24.5. The second-order valence-corrected chi connectivity index (χ2v) is 7.09. The number of methoxy groups -OCH3 is 3. The Bertz CT molecular complexity index is 1150. The number of hydrogen-bond acceptors (Lipinski definition) is 5. The van der Waals surface area contributed by atoms with Gasteiger partial charge in [0.05, 0.1) is 32.7 Å². The zero-order valence-corrected chi connectivity index (χ0v) is 17.3. The van der Waals surface area contributed by atoms with Gasteiger partial charge in [0.1, 0.15) is 22.8 Å². The Morgan fingerprint density at radius 3 is 2.32 bits per heavy atom. The summed E-state index contributed by atoms with van der Waals surface area (Å²) in [6, 6.07) is 12.6. The molecule has 31 heavy (non-hydrogen) atoms. The van der Waals surface area contributed by atoms with Crippen molar-refractivity contribution in [3.63, 3.8) is 0 Å². The van der Waals surface area contributed by atoms with Crippen LogP contribution in [-0.2, 0) is 4.79 Å². The Morgan fingerprint density at radius 1 is 1.03 bits per heavy atom. The number of amides is 1. The van der Waals surface area contributed by atoms with Crippen molar-refractivity contribution in [3.05, 3.63) is 65.5 Å². The number of ether oxygens (including phenoxy) is 3. The maximum atomic E-state index is 12.6. The molecule has 2 heterocycles. The van der Waals surface area contributed by atoms with E-state index in [1.165, 1.54) is 6.20 Å². The molecule has 0 fully saturated rings. The Morgan fingerprint density at radius 2 is 1.71 bits per heavy atom. The van der Waals surface area contributed by atoms with Crippen LogP contribution in [0.15, 0.2) is 48.7 Å². The summed E-state index contributed by atoms with van der Waals surface area (Å²) in [6.45, 7) is 0. The normalized spacial score (nSPS) is 15.1. The number of hydrogen-bond donors (Lipinski definition) is 2. The lowest BCUT2D eigenvalue weighted by Gasteiger charge is -2.27. The molecule has 2 aromatic carbocycles. The number of aromatic carboxylic acids is 1. The van der Waals surface area contributed by atoms with E-state index in [0.29, 0.717) is 22.9 Å². The number of nitrogens with zero attached hydrogens (tertiary/aromatic N) is 1. The molecule has 0 aliphatic carbocycles. The Balaban J connectivity index is 1.97. The predicted octanol–water partition coefficient (Wildman–Crippen LogP) is 3.68. The number of fused-ring (bicyclic) bond motifs is 1. The summed E-state index contributed by atoms with van der Waals surface area (Å²) in [5.74, 6) is 0.0566. The highest BCUT2D eigenvalue weighted by molar-refractivity contribution is 6.04. The summed E-state index contributed by atoms with van der Waals surface area (Å²) in [5, 5.41) is 12.5. The third kappa shape index (κ3) is 3.56. The number of carboxylic acids is 1. The van der Waals surface area contributed by atoms with E-state index < -0.39 is 11.9 Å². The van der Waals surface area contributed by atoms with Gasteiger partial charge in [-0.15, -0.1) is 0 Å². The van der Waals surface area contributed by atoms with Crippen LogP contribution >= 0.6 is 0 Å². The highest BCUT2D eigenvalue weighted by Gasteiger charge is 2.36. The molecule has 1 aromatic heterocycles. The highest BCUT2D eigenvalue weighted by atomic mass is 16.5. The molecular formula is C23H22N2O6. The topological polar surface area (TPSA) is 99.0 Å². The van der Waals surface area contributed by atoms with Crippen molar-refractivity contribution in [2.45, 2.75) is 12.3 Å². The minimum absolute atomic E-state index is 0.0192. The summed E-state index contributed by atoms with van der Waals surface area (Å²) in [6.07, 6.45) is 1.66. The van der Waals surface area contributed by atoms with Crippen LogP contribution in [0.4, 0.5) is 5.69 Å². The smallest absolute Gasteiger partial charge is 0.339 e. The number of anilines is 1. The summed E-state index contributed by atoms with van der Waals surface area (Å²) in [7, 11) is 4.70. The molecule has 2 N–H and O–H groups in total. The Labute approximate surface area is 179 Å². The SMILES string of the molecule is COc1ccc(-n2cc(C(=O)O)c3c2[C@@H](c2cc(OC)ccc2OC)CC(=O)N3)cc1. The molecule has 1 amide bonds. The fraction of sp³-hybridized carbons (Fsp3) is 0.217. The largest absolute Gasteiger partial charge is 0.497 e. The van der Waals surface area contributed by atoms with Crippen LogP contribution in [0.2, 0.25) is 0 Å². The molecule has 1 aliphatic rings. The van der Waals surface area contributed by atoms with Crippen LogP contribution in [0.25, 0.3) is 5.69 Å². The lowest BCUT2D eigenvalue weighted by atomic mass is 9.87. The van der Waals surface area contributed by atoms with E-state index in [9.17, 15) is 14.7 Å². The lowest BCUT2D eigenvalue weighted by Crippen LogP contribution is -2.25. The van der Waals surface area contributed by atoms with Crippen LogP contribution < -0.4 is 19.5 Å². The van der Waals surface area contributed by atoms with Gasteiger partial charge >= 0.3 is 5.97 Å². The summed E-state index contributed by atoms with van der Waals surface area (Å²) < 4.78 is 17.9. The van der Waals surface area contributed by atoms with Gasteiger partial charge in [-0.2, -0.15) is 0 Å². The number of aromatic nitrogens is 1. The van der Waals surface area contributed by atoms with Crippen molar-refractivity contribution in [3.8, 4) is 22.9 Å². The van der Waals surface area contributed by atoms with E-state index in [0.717, 1.165) is 11.3 Å². The van der Waals surface area contributed by atoms with Crippen LogP contribution in [0.1, 0.15) is 34.0 Å². The van der Waals surface area contributed by atoms with Gasteiger partial charge < -0.3 is 29.2 Å². The standard InChI is InChI=1S/C23H22N2O6/c1-29-14-6-4-13(5-7-14)25-12-18(23(27)28)21-22(25)17(11-20(26)24-21)16-10-15(30-2)8-9-19(16)31-3/h4-10,12,17H,11H2,1-3H3,(H,24,26)(H,27,28)/t17-/m1/s1. The number of carboxylic acid groups (broad SMARTS) is 1. The van der Waals surface area contributed by atoms with E-state index in [4.69, 9.17) is 14.2 Å². The zero-order valence-electron chi connectivity index (χ0n) is 17.3. The van der Waals surface area contributed by atoms with Gasteiger partial charge in [0.25, 0.3) is 0 Å². The van der Waals surface area contributed by atoms with Crippen molar-refractivity contribution < 1.29 is 28.9 Å². The van der Waals surface area contributed by atoms with E-state index >= 15 is 0 Å². The van der Waals surface area contributed by atoms with E-state index in [2.05, 4.69) is 5.32 Å². The third-order valence-corrected chi connectivity index (χ3v) is 5.42. The van der Waals surface area contributed by atoms with Gasteiger partial charge in [-0.1, -0.05) is 0 Å². The molecule has 0 saturated carbocycles. The van der Waals surface area contributed by atoms with Crippen LogP contribution in [-0.4, -0.2) is 42.9 Å². The minimum Gasteiger partial charge on any atom is -0.497 e. The molecule has 3 aromatic rings. The fourth-order valence-electron chi connectivity index (χ4n) is 3.96. The van der Waals surface area contributed by atoms with Gasteiger partial charge in [0.2, 0.25) is 5.91 Å². The summed E-state index contributed by atoms with van der Waals surface area (Å²) >= 11 is 0. The second kappa shape index (κ2) is 8.06. The number of nitrogens with one attached hydrogen (secondary N) is 1. The van der Waals surface area contributed by atoms with Crippen LogP contribution in [0.5, 0.6) is 17.2 Å². The number of rotatable bonds is 6. The van der Waals surface area contributed by atoms with Crippen molar-refractivity contribution >= 4 is 17.6 Å². The van der Waals surface area contributed by atoms with Gasteiger partial charge in [0.15, 0.2) is 0 Å². The van der Waals surface area contributed by atoms with Crippen LogP contribution in [0, 0.1) is 0 Å². The maximum Gasteiger partial charge on any atom is 0.339 e. The molecule has 0 saturated heterocycles. The first kappa shape index (κ1) is 20.3. The first-order chi connectivity index (χ1) is 15.0. The molecule has 4 rings (SSSR count). The first-order valence-corrected chi connectivity index (χ1v) is 9.61. The van der Waals surface area contributed by atoms with Gasteiger partial charge in [-0.3, -0.25) is 4.79 Å². The quantitative estimate of drug-likeness (QED) is 0.629. The van der Waals surface area contributed by atoms with Crippen molar-refractivity contribution in [2.75, 3.05) is 26.6 Å². The monoisotopic (exact) mass is 422 g/mol. The molecule has 1 aliphatic heterocycles. The molecule has 0 bridgehead atoms. The average molecular weight is 422 g/mol. The second-order valence-electron chi connectivity index (χ2n) is 7.09. The van der Waals surface area contributed by atoms with E-state index in [-0.39, 0.29) is 23.6 Å². The number of benzene rings is 2. The van der Waals surface area contributed by atoms with E-state index in [1.54, 1.807) is 50.2 Å². The molecule has 0 unspecified atom stereocenters. The van der Waals surface area contributed by atoms with Crippen molar-refractivity contribution in [1.82, 2.24) is 4.57 Å². The average Bonchev–Trinajstić information content (AvgIpc) is 3.17. The minimum atomic E-state index is -1.12. The molecular weight excluding hydrogens is 400 g/mol. The molecule has 0 radical (unpaired) electrons. The predicted molar refractivity (Wildman–Crippen MR) is 114 cm³/mol. The number of carbonyl (C=O) groups is 2. The molecule has 8 heteroatoms. The zero-order chi connectivity index (χ0) is 22.1. The molecule has 160 valence electrons. The fourth-order valence-corrected chi connectivity index (χ4v) is 3.96. The highest BCUT2D eigenvalue weighted by Crippen LogP contribution is 2.45. The van der Waals surface area contributed by atoms with Gasteiger partial charge in [-0.05, 0) is 42.5 Å². The third-order valence-electron chi connectivity index (χ3n) is 5.42. The van der Waals surface area contributed by atoms with Crippen LogP contribution in [0.3, 0.4) is 0 Å². The molecule has 0 spiro atoms. The lowest BCUT2D eigenvalue weighted by molar-refractivity contribution is -0.116. The number of carbonyl (C=O) groups excluding carboxylic acids is 1. The molecule has 8 nitrogen and oxygen atoms in total. The maximum absolute atomic E-state index is 12.6.